The molecule has 2 aromatic carbocycles. The Hall–Kier alpha value is -2.38. The molecule has 0 saturated heterocycles. The highest BCUT2D eigenvalue weighted by atomic mass is 32.2. The molecule has 27 heavy (non-hydrogen) atoms. The van der Waals surface area contributed by atoms with Gasteiger partial charge >= 0.3 is 0 Å². The summed E-state index contributed by atoms with van der Waals surface area (Å²) in [4.78, 5) is 12.2. The van der Waals surface area contributed by atoms with E-state index >= 15 is 0 Å². The van der Waals surface area contributed by atoms with Gasteiger partial charge in [-0.2, -0.15) is 4.31 Å². The molecule has 0 heterocycles. The zero-order chi connectivity index (χ0) is 19.9. The Kier molecular flexibility index (Phi) is 7.38. The molecule has 0 unspecified atom stereocenters. The van der Waals surface area contributed by atoms with Crippen molar-refractivity contribution in [3.8, 4) is 5.75 Å². The molecule has 0 fully saturated rings. The van der Waals surface area contributed by atoms with Crippen LogP contribution in [0.5, 0.6) is 5.75 Å². The Bertz CT molecular complexity index is 867. The molecular formula is C20H26N2O4S. The van der Waals surface area contributed by atoms with Crippen LogP contribution in [0.4, 0.5) is 0 Å². The highest BCUT2D eigenvalue weighted by Gasteiger charge is 2.27. The van der Waals surface area contributed by atoms with Gasteiger partial charge in [-0.15, -0.1) is 0 Å². The monoisotopic (exact) mass is 390 g/mol. The first-order valence-corrected chi connectivity index (χ1v) is 10.3. The van der Waals surface area contributed by atoms with E-state index in [9.17, 15) is 13.2 Å². The van der Waals surface area contributed by atoms with Crippen LogP contribution in [0.15, 0.2) is 53.4 Å². The van der Waals surface area contributed by atoms with Crippen molar-refractivity contribution in [2.45, 2.75) is 25.2 Å². The van der Waals surface area contributed by atoms with Crippen molar-refractivity contribution >= 4 is 15.9 Å². The summed E-state index contributed by atoms with van der Waals surface area (Å²) in [7, 11) is -2.28. The number of sulfonamides is 1. The lowest BCUT2D eigenvalue weighted by molar-refractivity contribution is -0.121. The second-order valence-corrected chi connectivity index (χ2v) is 8.10. The zero-order valence-corrected chi connectivity index (χ0v) is 16.8. The van der Waals surface area contributed by atoms with E-state index < -0.39 is 10.0 Å². The molecule has 2 rings (SSSR count). The van der Waals surface area contributed by atoms with Crippen LogP contribution in [0.2, 0.25) is 0 Å². The molecule has 1 amide bonds. The molecule has 0 atom stereocenters. The van der Waals surface area contributed by atoms with Crippen molar-refractivity contribution in [1.29, 1.82) is 0 Å². The Balaban J connectivity index is 2.29. The van der Waals surface area contributed by atoms with E-state index in [1.807, 2.05) is 30.3 Å². The molecule has 7 heteroatoms. The Morgan fingerprint density at radius 2 is 1.85 bits per heavy atom. The van der Waals surface area contributed by atoms with E-state index in [4.69, 9.17) is 4.74 Å². The fraction of sp³-hybridized carbons (Fsp3) is 0.350. The number of ether oxygens (including phenoxy) is 1. The molecule has 6 nitrogen and oxygen atoms in total. The molecule has 0 aliphatic heterocycles. The first kappa shape index (κ1) is 20.9. The lowest BCUT2D eigenvalue weighted by atomic mass is 10.1. The minimum absolute atomic E-state index is 0.151. The first-order valence-electron chi connectivity index (χ1n) is 8.84. The maximum absolute atomic E-state index is 13.2. The fourth-order valence-electron chi connectivity index (χ4n) is 2.76. The number of carbonyl (C=O) groups excluding carboxylic acids is 1. The average Bonchev–Trinajstić information content (AvgIpc) is 2.66. The topological polar surface area (TPSA) is 75.7 Å². The summed E-state index contributed by atoms with van der Waals surface area (Å²) >= 11 is 0. The van der Waals surface area contributed by atoms with Crippen LogP contribution in [0.3, 0.4) is 0 Å². The molecule has 0 bridgehead atoms. The third-order valence-electron chi connectivity index (χ3n) is 4.19. The van der Waals surface area contributed by atoms with Gasteiger partial charge in [0.1, 0.15) is 5.75 Å². The minimum Gasteiger partial charge on any atom is -0.496 e. The number of aryl methyl sites for hydroxylation is 1. The van der Waals surface area contributed by atoms with Crippen LogP contribution in [0.25, 0.3) is 0 Å². The number of nitrogens with one attached hydrogen (secondary N) is 1. The van der Waals surface area contributed by atoms with Crippen LogP contribution in [-0.4, -0.2) is 45.4 Å². The molecule has 1 N–H and O–H groups in total. The maximum Gasteiger partial charge on any atom is 0.243 e. The Labute approximate surface area is 161 Å². The normalized spacial score (nSPS) is 11.4. The summed E-state index contributed by atoms with van der Waals surface area (Å²) in [6.07, 6.45) is 0.522. The molecule has 0 saturated carbocycles. The van der Waals surface area contributed by atoms with Gasteiger partial charge in [-0.1, -0.05) is 30.3 Å². The molecule has 0 aliphatic carbocycles. The number of likely N-dealkylation sites (N-methyl/N-ethyl adjacent to an activating group) is 1. The molecule has 0 radical (unpaired) electrons. The first-order chi connectivity index (χ1) is 12.9. The highest BCUT2D eigenvalue weighted by molar-refractivity contribution is 7.89. The molecule has 0 aliphatic rings. The van der Waals surface area contributed by atoms with Gasteiger partial charge in [-0.25, -0.2) is 8.42 Å². The Morgan fingerprint density at radius 3 is 2.44 bits per heavy atom. The van der Waals surface area contributed by atoms with E-state index in [1.165, 1.54) is 17.5 Å². The van der Waals surface area contributed by atoms with Gasteiger partial charge in [-0.05, 0) is 49.6 Å². The number of amides is 1. The molecule has 0 aromatic heterocycles. The van der Waals surface area contributed by atoms with Gasteiger partial charge in [0.2, 0.25) is 15.9 Å². The third-order valence-corrected chi connectivity index (χ3v) is 6.03. The van der Waals surface area contributed by atoms with Gasteiger partial charge in [0.15, 0.2) is 0 Å². The van der Waals surface area contributed by atoms with Crippen LogP contribution in [0.1, 0.15) is 18.1 Å². The van der Waals surface area contributed by atoms with Crippen molar-refractivity contribution in [2.75, 3.05) is 26.7 Å². The van der Waals surface area contributed by atoms with Crippen LogP contribution >= 0.6 is 0 Å². The lowest BCUT2D eigenvalue weighted by Gasteiger charge is -2.22. The van der Waals surface area contributed by atoms with E-state index in [0.717, 1.165) is 11.1 Å². The summed E-state index contributed by atoms with van der Waals surface area (Å²) < 4.78 is 32.7. The Morgan fingerprint density at radius 1 is 1.15 bits per heavy atom. The van der Waals surface area contributed by atoms with Gasteiger partial charge < -0.3 is 10.1 Å². The summed E-state index contributed by atoms with van der Waals surface area (Å²) in [5.74, 6) is 0.299. The van der Waals surface area contributed by atoms with Crippen molar-refractivity contribution in [3.05, 3.63) is 59.7 Å². The quantitative estimate of drug-likeness (QED) is 0.713. The summed E-state index contributed by atoms with van der Waals surface area (Å²) in [5.41, 5.74) is 1.74. The molecule has 0 spiro atoms. The van der Waals surface area contributed by atoms with E-state index in [0.29, 0.717) is 18.7 Å². The van der Waals surface area contributed by atoms with Crippen molar-refractivity contribution in [2.24, 2.45) is 0 Å². The number of rotatable bonds is 9. The smallest absolute Gasteiger partial charge is 0.243 e. The molecule has 146 valence electrons. The fourth-order valence-corrected chi connectivity index (χ4v) is 4.24. The van der Waals surface area contributed by atoms with E-state index in [-0.39, 0.29) is 23.9 Å². The van der Waals surface area contributed by atoms with E-state index in [2.05, 4.69) is 5.32 Å². The minimum atomic E-state index is -3.82. The predicted octanol–water partition coefficient (Wildman–Crippen LogP) is 2.37. The van der Waals surface area contributed by atoms with Crippen molar-refractivity contribution < 1.29 is 17.9 Å². The van der Waals surface area contributed by atoms with Crippen LogP contribution in [-0.2, 0) is 21.2 Å². The second kappa shape index (κ2) is 9.53. The highest BCUT2D eigenvalue weighted by Crippen LogP contribution is 2.24. The number of nitrogens with zero attached hydrogens (tertiary/aromatic N) is 1. The number of methoxy groups -OCH3 is 1. The zero-order valence-electron chi connectivity index (χ0n) is 15.9. The number of hydrogen-bond acceptors (Lipinski definition) is 4. The van der Waals surface area contributed by atoms with Crippen molar-refractivity contribution in [3.63, 3.8) is 0 Å². The van der Waals surface area contributed by atoms with Crippen LogP contribution < -0.4 is 10.1 Å². The van der Waals surface area contributed by atoms with Gasteiger partial charge in [-0.3, -0.25) is 4.79 Å². The lowest BCUT2D eigenvalue weighted by Crippen LogP contribution is -2.41. The summed E-state index contributed by atoms with van der Waals surface area (Å²) in [6, 6.07) is 14.3. The predicted molar refractivity (Wildman–Crippen MR) is 105 cm³/mol. The molecule has 2 aromatic rings. The van der Waals surface area contributed by atoms with Gasteiger partial charge in [0.05, 0.1) is 18.6 Å². The van der Waals surface area contributed by atoms with Crippen molar-refractivity contribution in [1.82, 2.24) is 9.62 Å². The largest absolute Gasteiger partial charge is 0.496 e. The van der Waals surface area contributed by atoms with Gasteiger partial charge in [0, 0.05) is 13.1 Å². The summed E-state index contributed by atoms with van der Waals surface area (Å²) in [6.45, 7) is 4.04. The second-order valence-electron chi connectivity index (χ2n) is 6.16. The third kappa shape index (κ3) is 5.55. The van der Waals surface area contributed by atoms with Gasteiger partial charge in [0.25, 0.3) is 0 Å². The standard InChI is InChI=1S/C20H26N2O4S/c1-4-21-20(23)15-22(13-12-17-8-6-5-7-9-17)27(24,25)18-10-11-19(26-3)16(2)14-18/h5-11,14H,4,12-13,15H2,1-3H3,(H,21,23). The molecular weight excluding hydrogens is 364 g/mol. The summed E-state index contributed by atoms with van der Waals surface area (Å²) in [5, 5.41) is 2.66. The number of benzene rings is 2. The average molecular weight is 391 g/mol. The van der Waals surface area contributed by atoms with Crippen LogP contribution in [0, 0.1) is 6.92 Å². The SMILES string of the molecule is CCNC(=O)CN(CCc1ccccc1)S(=O)(=O)c1ccc(OC)c(C)c1. The van der Waals surface area contributed by atoms with E-state index in [1.54, 1.807) is 26.0 Å². The number of hydrogen-bond donors (Lipinski definition) is 1. The number of carbonyl (C=O) groups is 1. The maximum atomic E-state index is 13.2.